The number of unbranched alkanes of at least 4 members (excludes halogenated alkanes) is 2. The van der Waals surface area contributed by atoms with E-state index in [0.717, 1.165) is 71.2 Å². The Morgan fingerprint density at radius 2 is 2.00 bits per heavy atom. The summed E-state index contributed by atoms with van der Waals surface area (Å²) in [6.07, 6.45) is 4.46. The van der Waals surface area contributed by atoms with Gasteiger partial charge in [0.1, 0.15) is 5.69 Å². The van der Waals surface area contributed by atoms with Gasteiger partial charge in [0.2, 0.25) is 0 Å². The number of fused-ring (bicyclic) bond motifs is 1. The van der Waals surface area contributed by atoms with Gasteiger partial charge in [0, 0.05) is 32.7 Å². The van der Waals surface area contributed by atoms with Gasteiger partial charge in [0.15, 0.2) is 24.1 Å². The van der Waals surface area contributed by atoms with E-state index in [4.69, 9.17) is 10.5 Å². The van der Waals surface area contributed by atoms with Crippen molar-refractivity contribution in [3.63, 3.8) is 0 Å². The molecular formula is C18H31N7O2. The molecule has 0 aliphatic carbocycles. The molecule has 3 rings (SSSR count). The molecule has 1 aromatic heterocycles. The molecule has 9 nitrogen and oxygen atoms in total. The molecule has 4 N–H and O–H groups in total. The number of nitrogens with one attached hydrogen (secondary N) is 2. The van der Waals surface area contributed by atoms with E-state index in [0.29, 0.717) is 23.9 Å². The normalized spacial score (nSPS) is 19.6. The first kappa shape index (κ1) is 19.6. The van der Waals surface area contributed by atoms with Crippen molar-refractivity contribution in [2.24, 2.45) is 0 Å². The van der Waals surface area contributed by atoms with Gasteiger partial charge in [-0.05, 0) is 25.8 Å². The number of aromatic nitrogens is 2. The maximum Gasteiger partial charge on any atom is 0.320 e. The maximum absolute atomic E-state index is 11.5. The van der Waals surface area contributed by atoms with Crippen LogP contribution in [-0.4, -0.2) is 73.2 Å². The molecule has 0 radical (unpaired) electrons. The van der Waals surface area contributed by atoms with Crippen LogP contribution in [0.1, 0.15) is 32.6 Å². The summed E-state index contributed by atoms with van der Waals surface area (Å²) < 4.78 is 5.62. The van der Waals surface area contributed by atoms with Crippen molar-refractivity contribution in [3.05, 3.63) is 0 Å². The van der Waals surface area contributed by atoms with Crippen LogP contribution in [0.25, 0.3) is 0 Å². The summed E-state index contributed by atoms with van der Waals surface area (Å²) in [5.41, 5.74) is 6.68. The van der Waals surface area contributed by atoms with E-state index < -0.39 is 6.17 Å². The number of hydrogen-bond donors (Lipinski definition) is 3. The highest BCUT2D eigenvalue weighted by Crippen LogP contribution is 2.37. The Morgan fingerprint density at radius 1 is 1.22 bits per heavy atom. The quantitative estimate of drug-likeness (QED) is 0.400. The Hall–Kier alpha value is -2.13. The first-order chi connectivity index (χ1) is 13.2. The standard InChI is InChI=1S/C18H31N7O2/c1-2-3-12-27-18-22-16(19)15-17(23-18)25(14(13-26)21-15)9-5-4-8-24-10-6-20-7-11-24/h13-14,20-21H,2-12H2,1H3,(H2,19,22,23). The van der Waals surface area contributed by atoms with Crippen molar-refractivity contribution in [2.45, 2.75) is 38.8 Å². The second-order valence-electron chi connectivity index (χ2n) is 7.01. The Balaban J connectivity index is 1.59. The Bertz CT molecular complexity index is 622. The number of nitrogen functional groups attached to an aromatic ring is 1. The zero-order chi connectivity index (χ0) is 19.1. The highest BCUT2D eigenvalue weighted by molar-refractivity contribution is 5.87. The fourth-order valence-electron chi connectivity index (χ4n) is 3.43. The molecule has 1 saturated heterocycles. The SMILES string of the molecule is CCCCOc1nc(N)c2c(n1)N(CCCCN1CCNCC1)C(C=O)N2. The molecule has 0 amide bonds. The van der Waals surface area contributed by atoms with Crippen LogP contribution in [-0.2, 0) is 4.79 Å². The molecule has 1 fully saturated rings. The average Bonchev–Trinajstić information content (AvgIpc) is 3.04. The van der Waals surface area contributed by atoms with Gasteiger partial charge in [-0.2, -0.15) is 9.97 Å². The van der Waals surface area contributed by atoms with Crippen LogP contribution in [0, 0.1) is 0 Å². The summed E-state index contributed by atoms with van der Waals surface area (Å²) in [5, 5.41) is 6.49. The second-order valence-corrected chi connectivity index (χ2v) is 7.01. The molecule has 0 aromatic carbocycles. The molecule has 1 atom stereocenters. The van der Waals surface area contributed by atoms with E-state index in [1.54, 1.807) is 0 Å². The van der Waals surface area contributed by atoms with Crippen LogP contribution in [0.15, 0.2) is 0 Å². The molecule has 0 spiro atoms. The van der Waals surface area contributed by atoms with Gasteiger partial charge in [0.05, 0.1) is 6.61 Å². The van der Waals surface area contributed by atoms with Gasteiger partial charge >= 0.3 is 6.01 Å². The van der Waals surface area contributed by atoms with Crippen LogP contribution in [0.5, 0.6) is 6.01 Å². The number of rotatable bonds is 10. The number of nitrogens with two attached hydrogens (primary N) is 1. The summed E-state index contributed by atoms with van der Waals surface area (Å²) in [5.74, 6) is 0.981. The molecule has 27 heavy (non-hydrogen) atoms. The van der Waals surface area contributed by atoms with E-state index in [1.807, 2.05) is 4.90 Å². The molecule has 3 heterocycles. The number of nitrogens with zero attached hydrogens (tertiary/aromatic N) is 4. The van der Waals surface area contributed by atoms with Gasteiger partial charge < -0.3 is 30.9 Å². The molecule has 1 aromatic rings. The van der Waals surface area contributed by atoms with Gasteiger partial charge in [0.25, 0.3) is 0 Å². The van der Waals surface area contributed by atoms with Crippen LogP contribution >= 0.6 is 0 Å². The number of hydrogen-bond acceptors (Lipinski definition) is 9. The summed E-state index contributed by atoms with van der Waals surface area (Å²) in [4.78, 5) is 24.7. The molecular weight excluding hydrogens is 346 g/mol. The zero-order valence-electron chi connectivity index (χ0n) is 16.1. The summed E-state index contributed by atoms with van der Waals surface area (Å²) >= 11 is 0. The first-order valence-corrected chi connectivity index (χ1v) is 9.94. The topological polar surface area (TPSA) is 109 Å². The van der Waals surface area contributed by atoms with Crippen LogP contribution in [0.2, 0.25) is 0 Å². The van der Waals surface area contributed by atoms with E-state index in [9.17, 15) is 4.79 Å². The van der Waals surface area contributed by atoms with Crippen LogP contribution < -0.4 is 26.0 Å². The highest BCUT2D eigenvalue weighted by atomic mass is 16.5. The monoisotopic (exact) mass is 377 g/mol. The lowest BCUT2D eigenvalue weighted by atomic mass is 10.2. The molecule has 0 bridgehead atoms. The van der Waals surface area contributed by atoms with Crippen molar-refractivity contribution in [1.82, 2.24) is 20.2 Å². The molecule has 0 saturated carbocycles. The third-order valence-corrected chi connectivity index (χ3v) is 4.99. The fourth-order valence-corrected chi connectivity index (χ4v) is 3.43. The van der Waals surface area contributed by atoms with Gasteiger partial charge in [-0.15, -0.1) is 0 Å². The van der Waals surface area contributed by atoms with Crippen molar-refractivity contribution in [2.75, 3.05) is 61.8 Å². The molecule has 1 unspecified atom stereocenters. The number of anilines is 3. The van der Waals surface area contributed by atoms with E-state index in [2.05, 4.69) is 32.4 Å². The minimum atomic E-state index is -0.457. The summed E-state index contributed by atoms with van der Waals surface area (Å²) in [6, 6.07) is 0.277. The minimum Gasteiger partial charge on any atom is -0.463 e. The Labute approximate surface area is 160 Å². The maximum atomic E-state index is 11.5. The van der Waals surface area contributed by atoms with Crippen molar-refractivity contribution in [3.8, 4) is 6.01 Å². The second kappa shape index (κ2) is 9.70. The predicted octanol–water partition coefficient (Wildman–Crippen LogP) is 0.680. The number of piperazine rings is 1. The van der Waals surface area contributed by atoms with Crippen LogP contribution in [0.3, 0.4) is 0 Å². The molecule has 150 valence electrons. The summed E-state index contributed by atoms with van der Waals surface area (Å²) in [6.45, 7) is 8.81. The molecule has 2 aliphatic heterocycles. The molecule has 9 heteroatoms. The lowest BCUT2D eigenvalue weighted by Crippen LogP contribution is -2.44. The number of carbonyl (C=O) groups excluding carboxylic acids is 1. The third kappa shape index (κ3) is 4.98. The van der Waals surface area contributed by atoms with E-state index in [-0.39, 0.29) is 6.01 Å². The van der Waals surface area contributed by atoms with Gasteiger partial charge in [-0.25, -0.2) is 0 Å². The lowest BCUT2D eigenvalue weighted by molar-refractivity contribution is -0.108. The van der Waals surface area contributed by atoms with Crippen molar-refractivity contribution < 1.29 is 9.53 Å². The van der Waals surface area contributed by atoms with Crippen LogP contribution in [0.4, 0.5) is 17.3 Å². The van der Waals surface area contributed by atoms with Gasteiger partial charge in [-0.3, -0.25) is 4.79 Å². The van der Waals surface area contributed by atoms with E-state index >= 15 is 0 Å². The predicted molar refractivity (Wildman–Crippen MR) is 106 cm³/mol. The molecule has 2 aliphatic rings. The lowest BCUT2D eigenvalue weighted by Gasteiger charge is -2.27. The van der Waals surface area contributed by atoms with Crippen molar-refractivity contribution >= 4 is 23.6 Å². The highest BCUT2D eigenvalue weighted by Gasteiger charge is 2.32. The Kier molecular flexibility index (Phi) is 7.05. The van der Waals surface area contributed by atoms with E-state index in [1.165, 1.54) is 0 Å². The zero-order valence-corrected chi connectivity index (χ0v) is 16.1. The van der Waals surface area contributed by atoms with Gasteiger partial charge in [-0.1, -0.05) is 13.3 Å². The number of ether oxygens (including phenoxy) is 1. The first-order valence-electron chi connectivity index (χ1n) is 9.94. The summed E-state index contributed by atoms with van der Waals surface area (Å²) in [7, 11) is 0. The smallest absolute Gasteiger partial charge is 0.320 e. The number of aldehydes is 1. The number of carbonyl (C=O) groups is 1. The average molecular weight is 377 g/mol. The minimum absolute atomic E-state index is 0.277. The fraction of sp³-hybridized carbons (Fsp3) is 0.722. The Morgan fingerprint density at radius 3 is 2.74 bits per heavy atom. The largest absolute Gasteiger partial charge is 0.463 e. The van der Waals surface area contributed by atoms with Crippen molar-refractivity contribution in [1.29, 1.82) is 0 Å². The third-order valence-electron chi connectivity index (χ3n) is 4.99.